The van der Waals surface area contributed by atoms with E-state index in [0.717, 1.165) is 12.1 Å². The van der Waals surface area contributed by atoms with Crippen LogP contribution >= 0.6 is 0 Å². The van der Waals surface area contributed by atoms with Gasteiger partial charge in [-0.25, -0.2) is 8.78 Å². The second-order valence-corrected chi connectivity index (χ2v) is 5.71. The highest BCUT2D eigenvalue weighted by Gasteiger charge is 2.19. The van der Waals surface area contributed by atoms with Gasteiger partial charge in [0.15, 0.2) is 0 Å². The summed E-state index contributed by atoms with van der Waals surface area (Å²) in [4.78, 5) is 10.7. The first-order chi connectivity index (χ1) is 9.90. The molecule has 1 unspecified atom stereocenters. The normalized spacial score (nSPS) is 12.1. The van der Waals surface area contributed by atoms with Gasteiger partial charge in [0.05, 0.1) is 16.6 Å². The van der Waals surface area contributed by atoms with Crippen LogP contribution in [-0.2, 0) is 16.6 Å². The highest BCUT2D eigenvalue weighted by molar-refractivity contribution is 7.84. The van der Waals surface area contributed by atoms with E-state index in [1.807, 2.05) is 0 Å². The molecule has 0 radical (unpaired) electrons. The van der Waals surface area contributed by atoms with E-state index in [-0.39, 0.29) is 17.0 Å². The van der Waals surface area contributed by atoms with Crippen molar-refractivity contribution < 1.29 is 17.8 Å². The minimum absolute atomic E-state index is 0.0942. The summed E-state index contributed by atoms with van der Waals surface area (Å²) < 4.78 is 39.6. The maximum Gasteiger partial charge on any atom is 0.249 e. The number of anilines is 1. The van der Waals surface area contributed by atoms with E-state index in [1.54, 1.807) is 12.1 Å². The monoisotopic (exact) mass is 310 g/mol. The van der Waals surface area contributed by atoms with Gasteiger partial charge in [0.25, 0.3) is 0 Å². The van der Waals surface area contributed by atoms with E-state index in [0.29, 0.717) is 5.56 Å². The molecule has 2 aromatic carbocycles. The van der Waals surface area contributed by atoms with Crippen molar-refractivity contribution in [1.82, 2.24) is 0 Å². The van der Waals surface area contributed by atoms with Gasteiger partial charge in [0.1, 0.15) is 16.5 Å². The van der Waals surface area contributed by atoms with Crippen molar-refractivity contribution in [3.63, 3.8) is 0 Å². The molecule has 0 aliphatic heterocycles. The van der Waals surface area contributed by atoms with E-state index < -0.39 is 33.2 Å². The third-order valence-electron chi connectivity index (χ3n) is 2.82. The van der Waals surface area contributed by atoms with Gasteiger partial charge in [-0.2, -0.15) is 0 Å². The van der Waals surface area contributed by atoms with Gasteiger partial charge < -0.3 is 11.5 Å². The van der Waals surface area contributed by atoms with Crippen LogP contribution in [0.3, 0.4) is 0 Å². The van der Waals surface area contributed by atoms with Crippen molar-refractivity contribution >= 4 is 22.4 Å². The first kappa shape index (κ1) is 15.1. The summed E-state index contributed by atoms with van der Waals surface area (Å²) in [5, 5.41) is 0. The molecule has 0 spiro atoms. The summed E-state index contributed by atoms with van der Waals surface area (Å²) >= 11 is 0. The Hall–Kier alpha value is -2.28. The van der Waals surface area contributed by atoms with Gasteiger partial charge in [-0.1, -0.05) is 18.2 Å². The zero-order valence-corrected chi connectivity index (χ0v) is 11.6. The van der Waals surface area contributed by atoms with Crippen molar-refractivity contribution in [3.05, 3.63) is 59.2 Å². The summed E-state index contributed by atoms with van der Waals surface area (Å²) in [6.45, 7) is 0. The minimum Gasteiger partial charge on any atom is -0.399 e. The molecule has 2 aromatic rings. The predicted octanol–water partition coefficient (Wildman–Crippen LogP) is 1.95. The highest BCUT2D eigenvalue weighted by atomic mass is 32.2. The number of hydrogen-bond donors (Lipinski definition) is 2. The van der Waals surface area contributed by atoms with Gasteiger partial charge in [-0.15, -0.1) is 0 Å². The van der Waals surface area contributed by atoms with Crippen LogP contribution in [0, 0.1) is 11.6 Å². The lowest BCUT2D eigenvalue weighted by atomic mass is 10.1. The first-order valence-electron chi connectivity index (χ1n) is 5.90. The number of nitrogen functional groups attached to an aromatic ring is 1. The number of nitrogens with two attached hydrogens (primary N) is 2. The molecular weight excluding hydrogens is 298 g/mol. The minimum atomic E-state index is -2.01. The molecular formula is C14H12F2N2O2S. The number of carbonyl (C=O) groups is 1. The van der Waals surface area contributed by atoms with Crippen LogP contribution in [0.5, 0.6) is 0 Å². The number of primary amides is 1. The lowest BCUT2D eigenvalue weighted by Crippen LogP contribution is -2.15. The Labute approximate surface area is 122 Å². The summed E-state index contributed by atoms with van der Waals surface area (Å²) in [6, 6.07) is 8.01. The second kappa shape index (κ2) is 6.01. The topological polar surface area (TPSA) is 86.2 Å². The van der Waals surface area contributed by atoms with E-state index in [2.05, 4.69) is 0 Å². The third kappa shape index (κ3) is 3.25. The molecule has 0 bridgehead atoms. The number of hydrogen-bond acceptors (Lipinski definition) is 3. The van der Waals surface area contributed by atoms with Gasteiger partial charge in [-0.05, 0) is 23.8 Å². The highest BCUT2D eigenvalue weighted by Crippen LogP contribution is 2.23. The Balaban J connectivity index is 2.38. The van der Waals surface area contributed by atoms with Crippen LogP contribution in [0.2, 0.25) is 0 Å². The van der Waals surface area contributed by atoms with E-state index >= 15 is 0 Å². The number of benzene rings is 2. The molecule has 21 heavy (non-hydrogen) atoms. The summed E-state index contributed by atoms with van der Waals surface area (Å²) in [6.07, 6.45) is 0. The molecule has 1 atom stereocenters. The molecule has 0 aliphatic carbocycles. The van der Waals surface area contributed by atoms with E-state index in [4.69, 9.17) is 11.5 Å². The molecule has 0 fully saturated rings. The average Bonchev–Trinajstić information content (AvgIpc) is 2.37. The summed E-state index contributed by atoms with van der Waals surface area (Å²) in [7, 11) is -2.01. The Morgan fingerprint density at radius 2 is 1.71 bits per heavy atom. The molecule has 4 N–H and O–H groups in total. The standard InChI is InChI=1S/C14H12F2N2O2S/c15-11-5-9(17)6-12(16)13(11)21(20)7-8-3-1-2-4-10(8)14(18)19/h1-6H,7,17H2,(H2,18,19). The first-order valence-corrected chi connectivity index (χ1v) is 7.22. The maximum atomic E-state index is 13.7. The van der Waals surface area contributed by atoms with Gasteiger partial charge in [-0.3, -0.25) is 9.00 Å². The molecule has 7 heteroatoms. The molecule has 1 amide bonds. The molecule has 0 aliphatic rings. The van der Waals surface area contributed by atoms with Crippen molar-refractivity contribution in [2.45, 2.75) is 10.6 Å². The molecule has 2 rings (SSSR count). The summed E-state index contributed by atoms with van der Waals surface area (Å²) in [5.41, 5.74) is 10.9. The Bertz CT molecular complexity index is 712. The molecule has 110 valence electrons. The number of carbonyl (C=O) groups excluding carboxylic acids is 1. The van der Waals surface area contributed by atoms with Crippen molar-refractivity contribution in [2.24, 2.45) is 5.73 Å². The predicted molar refractivity (Wildman–Crippen MR) is 75.8 cm³/mol. The average molecular weight is 310 g/mol. The fourth-order valence-electron chi connectivity index (χ4n) is 1.90. The molecule has 4 nitrogen and oxygen atoms in total. The molecule has 0 saturated heterocycles. The van der Waals surface area contributed by atoms with Gasteiger partial charge >= 0.3 is 0 Å². The summed E-state index contributed by atoms with van der Waals surface area (Å²) in [5.74, 6) is -2.89. The van der Waals surface area contributed by atoms with Crippen molar-refractivity contribution in [1.29, 1.82) is 0 Å². The Morgan fingerprint density at radius 3 is 2.29 bits per heavy atom. The molecule has 0 saturated carbocycles. The van der Waals surface area contributed by atoms with Gasteiger partial charge in [0, 0.05) is 11.3 Å². The maximum absolute atomic E-state index is 13.7. The van der Waals surface area contributed by atoms with Crippen LogP contribution < -0.4 is 11.5 Å². The SMILES string of the molecule is NC(=O)c1ccccc1CS(=O)c1c(F)cc(N)cc1F. The number of rotatable bonds is 4. The van der Waals surface area contributed by atoms with E-state index in [9.17, 15) is 17.8 Å². The molecule has 0 aromatic heterocycles. The van der Waals surface area contributed by atoms with Crippen LogP contribution in [0.25, 0.3) is 0 Å². The second-order valence-electron chi connectivity index (χ2n) is 4.32. The Kier molecular flexibility index (Phi) is 4.32. The van der Waals surface area contributed by atoms with Crippen LogP contribution in [0.15, 0.2) is 41.3 Å². The van der Waals surface area contributed by atoms with Crippen molar-refractivity contribution in [3.8, 4) is 0 Å². The zero-order chi connectivity index (χ0) is 15.6. The lowest BCUT2D eigenvalue weighted by molar-refractivity contribution is 0.0999. The van der Waals surface area contributed by atoms with E-state index in [1.165, 1.54) is 12.1 Å². The Morgan fingerprint density at radius 1 is 1.14 bits per heavy atom. The fourth-order valence-corrected chi connectivity index (χ4v) is 3.13. The van der Waals surface area contributed by atoms with Crippen LogP contribution in [0.4, 0.5) is 14.5 Å². The number of amides is 1. The quantitative estimate of drug-likeness (QED) is 0.846. The molecule has 0 heterocycles. The third-order valence-corrected chi connectivity index (χ3v) is 4.24. The zero-order valence-electron chi connectivity index (χ0n) is 10.8. The smallest absolute Gasteiger partial charge is 0.249 e. The number of halogens is 2. The van der Waals surface area contributed by atoms with Crippen LogP contribution in [0.1, 0.15) is 15.9 Å². The lowest BCUT2D eigenvalue weighted by Gasteiger charge is -2.09. The largest absolute Gasteiger partial charge is 0.399 e. The van der Waals surface area contributed by atoms with Gasteiger partial charge in [0.2, 0.25) is 5.91 Å². The van der Waals surface area contributed by atoms with Crippen molar-refractivity contribution in [2.75, 3.05) is 5.73 Å². The fraction of sp³-hybridized carbons (Fsp3) is 0.0714. The van der Waals surface area contributed by atoms with Crippen LogP contribution in [-0.4, -0.2) is 10.1 Å².